The summed E-state index contributed by atoms with van der Waals surface area (Å²) >= 11 is 0. The van der Waals surface area contributed by atoms with E-state index >= 15 is 0 Å². The Bertz CT molecular complexity index is 507. The minimum Gasteiger partial charge on any atom is -0.399 e. The van der Waals surface area contributed by atoms with E-state index < -0.39 is 12.8 Å². The number of halogens is 1. The number of alkyl halides is 1. The van der Waals surface area contributed by atoms with Crippen molar-refractivity contribution < 1.29 is 13.7 Å². The van der Waals surface area contributed by atoms with Crippen LogP contribution in [-0.2, 0) is 15.9 Å². The second-order valence-corrected chi connectivity index (χ2v) is 7.42. The molecular formula is C15H24BFN2O2. The predicted molar refractivity (Wildman–Crippen MR) is 80.3 cm³/mol. The Kier molecular flexibility index (Phi) is 3.45. The Morgan fingerprint density at radius 2 is 1.76 bits per heavy atom. The van der Waals surface area contributed by atoms with Gasteiger partial charge >= 0.3 is 7.12 Å². The van der Waals surface area contributed by atoms with E-state index in [0.29, 0.717) is 19.4 Å². The molecule has 0 atom stereocenters. The zero-order chi connectivity index (χ0) is 15.3. The molecule has 3 rings (SSSR count). The van der Waals surface area contributed by atoms with Crippen LogP contribution in [0.2, 0.25) is 0 Å². The molecule has 0 unspecified atom stereocenters. The first-order valence-corrected chi connectivity index (χ1v) is 7.78. The average Bonchev–Trinajstić information content (AvgIpc) is 3.01. The number of aromatic nitrogens is 2. The Labute approximate surface area is 126 Å². The molecule has 0 spiro atoms. The second-order valence-electron chi connectivity index (χ2n) is 7.42. The molecule has 0 aromatic carbocycles. The molecule has 116 valence electrons. The lowest BCUT2D eigenvalue weighted by atomic mass is 9.82. The van der Waals surface area contributed by atoms with Crippen molar-refractivity contribution in [2.24, 2.45) is 0 Å². The van der Waals surface area contributed by atoms with Gasteiger partial charge in [0.25, 0.3) is 0 Å². The molecule has 4 nitrogen and oxygen atoms in total. The van der Waals surface area contributed by atoms with Gasteiger partial charge in [-0.25, -0.2) is 4.39 Å². The van der Waals surface area contributed by atoms with E-state index in [1.165, 1.54) is 0 Å². The molecule has 0 bridgehead atoms. The third kappa shape index (κ3) is 2.75. The van der Waals surface area contributed by atoms with E-state index in [-0.39, 0.29) is 11.2 Å². The maximum absolute atomic E-state index is 14.5. The standard InChI is InChI=1S/C15H24BFN2O2/c1-13(2)14(3,4)21-16(20-13)12-9-18-19(10-12)11-15(17)7-5-6-8-15/h9-10H,5-8,11H2,1-4H3. The molecule has 1 aliphatic heterocycles. The lowest BCUT2D eigenvalue weighted by molar-refractivity contribution is 0.00578. The van der Waals surface area contributed by atoms with Gasteiger partial charge in [0.05, 0.1) is 17.7 Å². The molecule has 1 aromatic heterocycles. The van der Waals surface area contributed by atoms with Crippen molar-refractivity contribution in [3.05, 3.63) is 12.4 Å². The van der Waals surface area contributed by atoms with Gasteiger partial charge in [-0.15, -0.1) is 0 Å². The van der Waals surface area contributed by atoms with E-state index in [9.17, 15) is 4.39 Å². The summed E-state index contributed by atoms with van der Waals surface area (Å²) in [6.45, 7) is 8.41. The van der Waals surface area contributed by atoms with Gasteiger partial charge in [-0.05, 0) is 40.5 Å². The quantitative estimate of drug-likeness (QED) is 0.804. The smallest absolute Gasteiger partial charge is 0.399 e. The molecule has 1 saturated heterocycles. The Hall–Kier alpha value is -0.875. The fourth-order valence-corrected chi connectivity index (χ4v) is 3.02. The van der Waals surface area contributed by atoms with Crippen molar-refractivity contribution in [3.63, 3.8) is 0 Å². The van der Waals surface area contributed by atoms with Crippen LogP contribution in [0.5, 0.6) is 0 Å². The van der Waals surface area contributed by atoms with Crippen LogP contribution in [0, 0.1) is 0 Å². The summed E-state index contributed by atoms with van der Waals surface area (Å²) in [6, 6.07) is 0. The zero-order valence-electron chi connectivity index (χ0n) is 13.4. The Balaban J connectivity index is 1.71. The largest absolute Gasteiger partial charge is 0.498 e. The van der Waals surface area contributed by atoms with E-state index in [1.54, 1.807) is 10.9 Å². The van der Waals surface area contributed by atoms with Crippen LogP contribution in [0.1, 0.15) is 53.4 Å². The highest BCUT2D eigenvalue weighted by atomic mass is 19.1. The first kappa shape index (κ1) is 15.0. The van der Waals surface area contributed by atoms with Crippen molar-refractivity contribution in [1.29, 1.82) is 0 Å². The van der Waals surface area contributed by atoms with E-state index in [0.717, 1.165) is 18.3 Å². The van der Waals surface area contributed by atoms with Crippen molar-refractivity contribution in [1.82, 2.24) is 9.78 Å². The highest BCUT2D eigenvalue weighted by Gasteiger charge is 2.52. The minimum atomic E-state index is -1.10. The van der Waals surface area contributed by atoms with Crippen LogP contribution in [0.4, 0.5) is 4.39 Å². The van der Waals surface area contributed by atoms with Crippen molar-refractivity contribution in [3.8, 4) is 0 Å². The molecule has 2 heterocycles. The fraction of sp³-hybridized carbons (Fsp3) is 0.800. The van der Waals surface area contributed by atoms with Gasteiger partial charge in [-0.1, -0.05) is 12.8 Å². The Morgan fingerprint density at radius 3 is 2.33 bits per heavy atom. The van der Waals surface area contributed by atoms with E-state index in [1.807, 2.05) is 33.9 Å². The van der Waals surface area contributed by atoms with E-state index in [2.05, 4.69) is 5.10 Å². The first-order valence-electron chi connectivity index (χ1n) is 7.78. The Morgan fingerprint density at radius 1 is 1.19 bits per heavy atom. The summed E-state index contributed by atoms with van der Waals surface area (Å²) < 4.78 is 28.2. The van der Waals surface area contributed by atoms with Crippen LogP contribution < -0.4 is 5.46 Å². The van der Waals surface area contributed by atoms with Gasteiger partial charge in [0, 0.05) is 17.9 Å². The molecular weight excluding hydrogens is 270 g/mol. The van der Waals surface area contributed by atoms with Crippen LogP contribution in [0.3, 0.4) is 0 Å². The monoisotopic (exact) mass is 294 g/mol. The predicted octanol–water partition coefficient (Wildman–Crippen LogP) is 2.46. The van der Waals surface area contributed by atoms with Crippen LogP contribution >= 0.6 is 0 Å². The normalized spacial score (nSPS) is 26.4. The maximum Gasteiger partial charge on any atom is 0.498 e. The van der Waals surface area contributed by atoms with Gasteiger partial charge in [0.1, 0.15) is 5.67 Å². The van der Waals surface area contributed by atoms with E-state index in [4.69, 9.17) is 9.31 Å². The summed E-state index contributed by atoms with van der Waals surface area (Å²) in [5.41, 5.74) is -0.978. The minimum absolute atomic E-state index is 0.326. The molecule has 0 amide bonds. The van der Waals surface area contributed by atoms with Crippen LogP contribution in [0.25, 0.3) is 0 Å². The number of hydrogen-bond acceptors (Lipinski definition) is 3. The first-order chi connectivity index (χ1) is 9.71. The third-order valence-corrected chi connectivity index (χ3v) is 5.12. The number of rotatable bonds is 3. The fourth-order valence-electron chi connectivity index (χ4n) is 3.02. The van der Waals surface area contributed by atoms with Gasteiger partial charge < -0.3 is 9.31 Å². The lowest BCUT2D eigenvalue weighted by Crippen LogP contribution is -2.41. The van der Waals surface area contributed by atoms with Gasteiger partial charge in [-0.3, -0.25) is 4.68 Å². The second kappa shape index (κ2) is 4.81. The molecule has 21 heavy (non-hydrogen) atoms. The molecule has 1 aliphatic carbocycles. The summed E-state index contributed by atoms with van der Waals surface area (Å²) in [7, 11) is -0.428. The zero-order valence-corrected chi connectivity index (χ0v) is 13.4. The van der Waals surface area contributed by atoms with Crippen LogP contribution in [-0.4, -0.2) is 33.8 Å². The molecule has 6 heteroatoms. The van der Waals surface area contributed by atoms with Crippen molar-refractivity contribution >= 4 is 12.6 Å². The number of hydrogen-bond donors (Lipinski definition) is 0. The highest BCUT2D eigenvalue weighted by molar-refractivity contribution is 6.61. The maximum atomic E-state index is 14.5. The van der Waals surface area contributed by atoms with Gasteiger partial charge in [-0.2, -0.15) is 5.10 Å². The summed E-state index contributed by atoms with van der Waals surface area (Å²) in [5, 5.41) is 4.28. The average molecular weight is 294 g/mol. The molecule has 1 aromatic rings. The topological polar surface area (TPSA) is 36.3 Å². The molecule has 1 saturated carbocycles. The summed E-state index contributed by atoms with van der Waals surface area (Å²) in [6.07, 6.45) is 6.79. The molecule has 0 N–H and O–H groups in total. The number of nitrogens with zero attached hydrogens (tertiary/aromatic N) is 2. The highest BCUT2D eigenvalue weighted by Crippen LogP contribution is 2.37. The SMILES string of the molecule is CC1(C)OB(c2cnn(CC3(F)CCCC3)c2)OC1(C)C. The molecule has 2 aliphatic rings. The lowest BCUT2D eigenvalue weighted by Gasteiger charge is -2.32. The molecule has 0 radical (unpaired) electrons. The summed E-state index contributed by atoms with van der Waals surface area (Å²) in [5.74, 6) is 0. The van der Waals surface area contributed by atoms with Crippen LogP contribution in [0.15, 0.2) is 12.4 Å². The third-order valence-electron chi connectivity index (χ3n) is 5.12. The molecule has 2 fully saturated rings. The summed E-state index contributed by atoms with van der Waals surface area (Å²) in [4.78, 5) is 0. The van der Waals surface area contributed by atoms with Crippen molar-refractivity contribution in [2.75, 3.05) is 0 Å². The van der Waals surface area contributed by atoms with Gasteiger partial charge in [0.15, 0.2) is 0 Å². The van der Waals surface area contributed by atoms with Gasteiger partial charge in [0.2, 0.25) is 0 Å². The van der Waals surface area contributed by atoms with Crippen molar-refractivity contribution in [2.45, 2.75) is 76.8 Å².